The number of ketones is 1. The van der Waals surface area contributed by atoms with Gasteiger partial charge in [0.2, 0.25) is 0 Å². The molecule has 29 heavy (non-hydrogen) atoms. The smallest absolute Gasteiger partial charge is 0.307 e. The molecule has 0 amide bonds. The molecule has 0 unspecified atom stereocenters. The monoisotopic (exact) mass is 395 g/mol. The van der Waals surface area contributed by atoms with E-state index < -0.39 is 11.9 Å². The number of phenols is 2. The van der Waals surface area contributed by atoms with E-state index in [1.54, 1.807) is 42.6 Å². The number of hydrogen-bond acceptors (Lipinski definition) is 5. The Hall–Kier alpha value is -3.74. The molecule has 0 aliphatic heterocycles. The Bertz CT molecular complexity index is 1080. The average Bonchev–Trinajstić information content (AvgIpc) is 3.08. The minimum Gasteiger partial charge on any atom is -0.508 e. The third-order valence-electron chi connectivity index (χ3n) is 4.68. The maximum atomic E-state index is 12.3. The highest BCUT2D eigenvalue weighted by Gasteiger charge is 2.22. The van der Waals surface area contributed by atoms with Crippen LogP contribution in [0.25, 0.3) is 17.0 Å². The summed E-state index contributed by atoms with van der Waals surface area (Å²) in [4.78, 5) is 27.0. The fourth-order valence-electron chi connectivity index (χ4n) is 3.15. The summed E-state index contributed by atoms with van der Waals surface area (Å²) in [5.41, 5.74) is 2.16. The van der Waals surface area contributed by atoms with Crippen molar-refractivity contribution in [1.29, 1.82) is 0 Å². The van der Waals surface area contributed by atoms with Crippen LogP contribution in [0.15, 0.2) is 48.7 Å². The first kappa shape index (κ1) is 20.0. The van der Waals surface area contributed by atoms with E-state index in [0.29, 0.717) is 5.56 Å². The molecule has 2 aromatic carbocycles. The molecule has 150 valence electrons. The Morgan fingerprint density at radius 2 is 1.97 bits per heavy atom. The second-order valence-electron chi connectivity index (χ2n) is 6.72. The number of rotatable bonds is 8. The molecule has 0 saturated heterocycles. The molecular weight excluding hydrogens is 374 g/mol. The third kappa shape index (κ3) is 4.76. The maximum Gasteiger partial charge on any atom is 0.307 e. The Kier molecular flexibility index (Phi) is 5.87. The van der Waals surface area contributed by atoms with E-state index in [0.717, 1.165) is 16.5 Å². The van der Waals surface area contributed by atoms with Gasteiger partial charge in [0, 0.05) is 23.5 Å². The van der Waals surface area contributed by atoms with Gasteiger partial charge in [-0.1, -0.05) is 12.1 Å². The summed E-state index contributed by atoms with van der Waals surface area (Å²) in [6.45, 7) is 0. The number of hydrogen-bond donors (Lipinski definition) is 4. The summed E-state index contributed by atoms with van der Waals surface area (Å²) < 4.78 is 5.02. The highest BCUT2D eigenvalue weighted by atomic mass is 16.5. The Morgan fingerprint density at radius 1 is 1.17 bits per heavy atom. The molecule has 0 saturated carbocycles. The Morgan fingerprint density at radius 3 is 2.69 bits per heavy atom. The minimum absolute atomic E-state index is 0.00770. The summed E-state index contributed by atoms with van der Waals surface area (Å²) in [5, 5.41) is 29.6. The SMILES string of the molecule is COc1cc(/C=C/C(=O)C[C@@H](Cc2c[nH]c3ccc(O)cc23)C(=O)O)ccc1O. The number of phenolic OH excluding ortho intramolecular Hbond substituents is 2. The van der Waals surface area contributed by atoms with Gasteiger partial charge < -0.3 is 25.0 Å². The molecule has 3 rings (SSSR count). The van der Waals surface area contributed by atoms with Crippen LogP contribution >= 0.6 is 0 Å². The number of methoxy groups -OCH3 is 1. The van der Waals surface area contributed by atoms with E-state index in [1.807, 2.05) is 0 Å². The first-order valence-corrected chi connectivity index (χ1v) is 8.97. The van der Waals surface area contributed by atoms with E-state index in [9.17, 15) is 24.9 Å². The van der Waals surface area contributed by atoms with Gasteiger partial charge in [-0.3, -0.25) is 9.59 Å². The lowest BCUT2D eigenvalue weighted by Gasteiger charge is -2.10. The van der Waals surface area contributed by atoms with Gasteiger partial charge in [0.25, 0.3) is 0 Å². The molecule has 1 heterocycles. The van der Waals surface area contributed by atoms with E-state index in [1.165, 1.54) is 19.3 Å². The number of carboxylic acids is 1. The molecular formula is C22H21NO6. The molecule has 0 aliphatic rings. The quantitative estimate of drug-likeness (QED) is 0.433. The van der Waals surface area contributed by atoms with Crippen molar-refractivity contribution >= 4 is 28.7 Å². The predicted octanol–water partition coefficient (Wildman–Crippen LogP) is 3.50. The zero-order chi connectivity index (χ0) is 21.0. The highest BCUT2D eigenvalue weighted by molar-refractivity contribution is 5.96. The van der Waals surface area contributed by atoms with Crippen molar-refractivity contribution < 1.29 is 29.6 Å². The van der Waals surface area contributed by atoms with Crippen LogP contribution in [0.2, 0.25) is 0 Å². The van der Waals surface area contributed by atoms with Gasteiger partial charge in [-0.05, 0) is 54.0 Å². The van der Waals surface area contributed by atoms with Crippen molar-refractivity contribution in [2.45, 2.75) is 12.8 Å². The number of ether oxygens (including phenoxy) is 1. The van der Waals surface area contributed by atoms with Crippen LogP contribution in [0.5, 0.6) is 17.2 Å². The molecule has 1 atom stereocenters. The van der Waals surface area contributed by atoms with Crippen molar-refractivity contribution in [2.24, 2.45) is 5.92 Å². The lowest BCUT2D eigenvalue weighted by Crippen LogP contribution is -2.19. The van der Waals surface area contributed by atoms with Crippen molar-refractivity contribution in [3.63, 3.8) is 0 Å². The van der Waals surface area contributed by atoms with Crippen LogP contribution in [-0.2, 0) is 16.0 Å². The number of carboxylic acid groups (broad SMARTS) is 1. The van der Waals surface area contributed by atoms with Crippen molar-refractivity contribution in [1.82, 2.24) is 4.98 Å². The van der Waals surface area contributed by atoms with Gasteiger partial charge >= 0.3 is 5.97 Å². The average molecular weight is 395 g/mol. The molecule has 0 spiro atoms. The van der Waals surface area contributed by atoms with E-state index >= 15 is 0 Å². The molecule has 3 aromatic rings. The second-order valence-corrected chi connectivity index (χ2v) is 6.72. The van der Waals surface area contributed by atoms with Gasteiger partial charge in [-0.2, -0.15) is 0 Å². The molecule has 0 aliphatic carbocycles. The van der Waals surface area contributed by atoms with Crippen LogP contribution in [-0.4, -0.2) is 39.2 Å². The number of benzene rings is 2. The number of carbonyl (C=O) groups excluding carboxylic acids is 1. The summed E-state index contributed by atoms with van der Waals surface area (Å²) in [6, 6.07) is 9.48. The molecule has 7 heteroatoms. The first-order chi connectivity index (χ1) is 13.9. The molecule has 1 aromatic heterocycles. The molecule has 4 N–H and O–H groups in total. The van der Waals surface area contributed by atoms with Crippen LogP contribution in [0.3, 0.4) is 0 Å². The normalized spacial score (nSPS) is 12.3. The number of nitrogens with one attached hydrogen (secondary N) is 1. The minimum atomic E-state index is -1.06. The van der Waals surface area contributed by atoms with Gasteiger partial charge in [-0.25, -0.2) is 0 Å². The number of aromatic nitrogens is 1. The van der Waals surface area contributed by atoms with Crippen molar-refractivity contribution in [2.75, 3.05) is 7.11 Å². The number of H-pyrrole nitrogens is 1. The lowest BCUT2D eigenvalue weighted by molar-refractivity contribution is -0.143. The molecule has 0 fully saturated rings. The zero-order valence-corrected chi connectivity index (χ0v) is 15.8. The van der Waals surface area contributed by atoms with Crippen LogP contribution < -0.4 is 4.74 Å². The third-order valence-corrected chi connectivity index (χ3v) is 4.68. The van der Waals surface area contributed by atoms with Gasteiger partial charge in [-0.15, -0.1) is 0 Å². The first-order valence-electron chi connectivity index (χ1n) is 8.97. The van der Waals surface area contributed by atoms with E-state index in [2.05, 4.69) is 4.98 Å². The summed E-state index contributed by atoms with van der Waals surface area (Å²) in [7, 11) is 1.43. The summed E-state index contributed by atoms with van der Waals surface area (Å²) >= 11 is 0. The van der Waals surface area contributed by atoms with Crippen LogP contribution in [0, 0.1) is 5.92 Å². The fourth-order valence-corrected chi connectivity index (χ4v) is 3.15. The van der Waals surface area contributed by atoms with Gasteiger partial charge in [0.15, 0.2) is 17.3 Å². The number of aromatic amines is 1. The Balaban J connectivity index is 1.72. The number of allylic oxidation sites excluding steroid dienone is 1. The van der Waals surface area contributed by atoms with Gasteiger partial charge in [0.1, 0.15) is 5.75 Å². The van der Waals surface area contributed by atoms with E-state index in [-0.39, 0.29) is 35.9 Å². The number of fused-ring (bicyclic) bond motifs is 1. The highest BCUT2D eigenvalue weighted by Crippen LogP contribution is 2.28. The number of aliphatic carboxylic acids is 1. The second kappa shape index (κ2) is 8.52. The molecule has 0 bridgehead atoms. The maximum absolute atomic E-state index is 12.3. The van der Waals surface area contributed by atoms with Gasteiger partial charge in [0.05, 0.1) is 13.0 Å². The molecule has 7 nitrogen and oxygen atoms in total. The van der Waals surface area contributed by atoms with Crippen molar-refractivity contribution in [3.05, 3.63) is 59.8 Å². The zero-order valence-electron chi connectivity index (χ0n) is 15.8. The number of carbonyl (C=O) groups is 2. The standard InChI is InChI=1S/C22H21NO6/c1-29-21-8-13(3-7-20(21)26)2-4-16(24)10-14(22(27)28)9-15-12-23-19-6-5-17(25)11-18(15)19/h2-8,11-12,14,23,25-26H,9-10H2,1H3,(H,27,28)/b4-2+/t14-/m1/s1. The topological polar surface area (TPSA) is 120 Å². The summed E-state index contributed by atoms with van der Waals surface area (Å²) in [6.07, 6.45) is 4.57. The fraction of sp³-hybridized carbons (Fsp3) is 0.182. The summed E-state index contributed by atoms with van der Waals surface area (Å²) in [5.74, 6) is -1.92. The number of aromatic hydroxyl groups is 2. The van der Waals surface area contributed by atoms with Crippen LogP contribution in [0.4, 0.5) is 0 Å². The Labute approximate surface area is 166 Å². The van der Waals surface area contributed by atoms with Crippen molar-refractivity contribution in [3.8, 4) is 17.2 Å². The largest absolute Gasteiger partial charge is 0.508 e. The lowest BCUT2D eigenvalue weighted by atomic mass is 9.93. The predicted molar refractivity (Wildman–Crippen MR) is 108 cm³/mol. The molecule has 0 radical (unpaired) electrons. The van der Waals surface area contributed by atoms with Crippen LogP contribution in [0.1, 0.15) is 17.5 Å². The van der Waals surface area contributed by atoms with E-state index in [4.69, 9.17) is 4.74 Å².